The maximum atomic E-state index is 6.08. The summed E-state index contributed by atoms with van der Waals surface area (Å²) in [6, 6.07) is 8.44. The Morgan fingerprint density at radius 2 is 1.50 bits per heavy atom. The maximum absolute atomic E-state index is 6.08. The summed E-state index contributed by atoms with van der Waals surface area (Å²) in [5.74, 6) is 0. The third kappa shape index (κ3) is 2.74. The monoisotopic (exact) mass is 292 g/mol. The minimum atomic E-state index is -2.75. The molecule has 1 aromatic carbocycles. The highest BCUT2D eigenvalue weighted by Gasteiger charge is 2.52. The fourth-order valence-electron chi connectivity index (χ4n) is 2.93. The lowest BCUT2D eigenvalue weighted by molar-refractivity contribution is 0.0653. The van der Waals surface area contributed by atoms with E-state index in [0.717, 1.165) is 0 Å². The lowest BCUT2D eigenvalue weighted by Crippen LogP contribution is -2.52. The first-order chi connectivity index (χ1) is 9.68. The molecule has 1 aromatic rings. The topological polar surface area (TPSA) is 27.7 Å². The Bertz CT molecular complexity index is 467. The molecule has 1 aliphatic carbocycles. The summed E-state index contributed by atoms with van der Waals surface area (Å²) >= 11 is 0. The van der Waals surface area contributed by atoms with Gasteiger partial charge in [-0.2, -0.15) is 0 Å². The standard InChI is InChI=1S/C16H24O3Si/c1-5-17-20(18-6-2,19-7-3)16-13(4)12-14-10-8-9-11-15(14)16/h8-12,16H,5-7H2,1-4H3. The summed E-state index contributed by atoms with van der Waals surface area (Å²) in [5.41, 5.74) is 3.92. The molecule has 0 N–H and O–H groups in total. The van der Waals surface area contributed by atoms with Gasteiger partial charge in [0.25, 0.3) is 0 Å². The Kier molecular flexibility index (Phi) is 5.15. The van der Waals surface area contributed by atoms with Crippen molar-refractivity contribution in [2.75, 3.05) is 19.8 Å². The van der Waals surface area contributed by atoms with E-state index in [4.69, 9.17) is 13.3 Å². The van der Waals surface area contributed by atoms with E-state index in [1.165, 1.54) is 16.7 Å². The highest BCUT2D eigenvalue weighted by atomic mass is 28.4. The molecule has 1 unspecified atom stereocenters. The smallest absolute Gasteiger partial charge is 0.373 e. The van der Waals surface area contributed by atoms with Crippen molar-refractivity contribution in [2.24, 2.45) is 0 Å². The predicted molar refractivity (Wildman–Crippen MR) is 83.5 cm³/mol. The molecule has 3 nitrogen and oxygen atoms in total. The third-order valence-electron chi connectivity index (χ3n) is 3.54. The van der Waals surface area contributed by atoms with Crippen molar-refractivity contribution in [3.63, 3.8) is 0 Å². The summed E-state index contributed by atoms with van der Waals surface area (Å²) < 4.78 is 18.2. The average Bonchev–Trinajstić information content (AvgIpc) is 2.75. The molecule has 0 amide bonds. The van der Waals surface area contributed by atoms with E-state index in [0.29, 0.717) is 19.8 Å². The summed E-state index contributed by atoms with van der Waals surface area (Å²) in [4.78, 5) is 0. The van der Waals surface area contributed by atoms with Gasteiger partial charge in [0, 0.05) is 19.8 Å². The first-order valence-corrected chi connectivity index (χ1v) is 9.17. The lowest BCUT2D eigenvalue weighted by Gasteiger charge is -2.34. The van der Waals surface area contributed by atoms with Crippen molar-refractivity contribution >= 4 is 14.9 Å². The van der Waals surface area contributed by atoms with Crippen LogP contribution in [0.3, 0.4) is 0 Å². The van der Waals surface area contributed by atoms with Crippen molar-refractivity contribution < 1.29 is 13.3 Å². The minimum absolute atomic E-state index is 0.124. The van der Waals surface area contributed by atoms with Crippen LogP contribution >= 0.6 is 0 Å². The van der Waals surface area contributed by atoms with Gasteiger partial charge < -0.3 is 13.3 Å². The van der Waals surface area contributed by atoms with Gasteiger partial charge in [0.05, 0.1) is 5.54 Å². The fourth-order valence-corrected chi connectivity index (χ4v) is 6.17. The van der Waals surface area contributed by atoms with Crippen LogP contribution in [0.4, 0.5) is 0 Å². The Hall–Kier alpha value is -0.943. The maximum Gasteiger partial charge on any atom is 0.513 e. The summed E-state index contributed by atoms with van der Waals surface area (Å²) in [6.07, 6.45) is 2.22. The van der Waals surface area contributed by atoms with Gasteiger partial charge in [-0.3, -0.25) is 0 Å². The van der Waals surface area contributed by atoms with E-state index in [-0.39, 0.29) is 5.54 Å². The highest BCUT2D eigenvalue weighted by molar-refractivity contribution is 6.63. The van der Waals surface area contributed by atoms with E-state index in [9.17, 15) is 0 Å². The van der Waals surface area contributed by atoms with Crippen molar-refractivity contribution in [1.82, 2.24) is 0 Å². The van der Waals surface area contributed by atoms with Gasteiger partial charge in [-0.05, 0) is 38.8 Å². The predicted octanol–water partition coefficient (Wildman–Crippen LogP) is 3.77. The van der Waals surface area contributed by atoms with Gasteiger partial charge in [0.1, 0.15) is 0 Å². The molecule has 4 heteroatoms. The molecule has 0 aliphatic heterocycles. The zero-order chi connectivity index (χ0) is 14.6. The number of rotatable bonds is 7. The number of hydrogen-bond acceptors (Lipinski definition) is 3. The van der Waals surface area contributed by atoms with Crippen LogP contribution in [0, 0.1) is 0 Å². The second-order valence-corrected chi connectivity index (χ2v) is 7.50. The molecule has 0 saturated carbocycles. The molecule has 0 spiro atoms. The van der Waals surface area contributed by atoms with Crippen molar-refractivity contribution in [3.05, 3.63) is 41.0 Å². The lowest BCUT2D eigenvalue weighted by atomic mass is 10.1. The largest absolute Gasteiger partial charge is 0.513 e. The third-order valence-corrected chi connectivity index (χ3v) is 7.08. The molecule has 110 valence electrons. The number of benzene rings is 1. The average molecular weight is 292 g/mol. The fraction of sp³-hybridized carbons (Fsp3) is 0.500. The first-order valence-electron chi connectivity index (χ1n) is 7.37. The van der Waals surface area contributed by atoms with Gasteiger partial charge in [-0.25, -0.2) is 0 Å². The molecule has 0 fully saturated rings. The molecule has 2 rings (SSSR count). The summed E-state index contributed by atoms with van der Waals surface area (Å²) in [7, 11) is -2.75. The Labute approximate surface area is 122 Å². The van der Waals surface area contributed by atoms with Gasteiger partial charge in [0.2, 0.25) is 0 Å². The van der Waals surface area contributed by atoms with Crippen LogP contribution < -0.4 is 0 Å². The van der Waals surface area contributed by atoms with E-state index in [2.05, 4.69) is 37.3 Å². The quantitative estimate of drug-likeness (QED) is 0.716. The highest BCUT2D eigenvalue weighted by Crippen LogP contribution is 2.43. The van der Waals surface area contributed by atoms with Crippen LogP contribution in [0.1, 0.15) is 44.4 Å². The molecule has 0 aromatic heterocycles. The molecular formula is C16H24O3Si. The molecule has 0 saturated heterocycles. The van der Waals surface area contributed by atoms with Gasteiger partial charge in [0.15, 0.2) is 0 Å². The first kappa shape index (κ1) is 15.4. The Morgan fingerprint density at radius 1 is 0.950 bits per heavy atom. The summed E-state index contributed by atoms with van der Waals surface area (Å²) in [5, 5.41) is 0. The van der Waals surface area contributed by atoms with Crippen LogP contribution in [0.5, 0.6) is 0 Å². The zero-order valence-electron chi connectivity index (χ0n) is 12.8. The van der Waals surface area contributed by atoms with Crippen molar-refractivity contribution in [3.8, 4) is 0 Å². The van der Waals surface area contributed by atoms with Crippen LogP contribution in [0.15, 0.2) is 29.8 Å². The molecule has 1 atom stereocenters. The molecule has 0 bridgehead atoms. The van der Waals surface area contributed by atoms with E-state index < -0.39 is 8.80 Å². The normalized spacial score (nSPS) is 18.0. The van der Waals surface area contributed by atoms with Crippen molar-refractivity contribution in [2.45, 2.75) is 33.2 Å². The summed E-state index contributed by atoms with van der Waals surface area (Å²) in [6.45, 7) is 9.97. The van der Waals surface area contributed by atoms with E-state index >= 15 is 0 Å². The van der Waals surface area contributed by atoms with Crippen LogP contribution in [-0.4, -0.2) is 28.6 Å². The van der Waals surface area contributed by atoms with Crippen LogP contribution in [0.2, 0.25) is 0 Å². The number of hydrogen-bond donors (Lipinski definition) is 0. The van der Waals surface area contributed by atoms with Gasteiger partial charge in [-0.15, -0.1) is 0 Å². The number of fused-ring (bicyclic) bond motifs is 1. The second-order valence-electron chi connectivity index (χ2n) is 4.85. The van der Waals surface area contributed by atoms with Crippen LogP contribution in [-0.2, 0) is 13.3 Å². The molecule has 0 radical (unpaired) electrons. The van der Waals surface area contributed by atoms with Crippen molar-refractivity contribution in [1.29, 1.82) is 0 Å². The second kappa shape index (κ2) is 6.67. The molecule has 20 heavy (non-hydrogen) atoms. The zero-order valence-corrected chi connectivity index (χ0v) is 13.8. The molecule has 1 aliphatic rings. The van der Waals surface area contributed by atoms with Gasteiger partial charge in [-0.1, -0.05) is 35.9 Å². The van der Waals surface area contributed by atoms with Gasteiger partial charge >= 0.3 is 8.80 Å². The molecular weight excluding hydrogens is 268 g/mol. The van der Waals surface area contributed by atoms with Crippen LogP contribution in [0.25, 0.3) is 6.08 Å². The Morgan fingerprint density at radius 3 is 2.05 bits per heavy atom. The SMILES string of the molecule is CCO[Si](OCC)(OCC)C1C(C)=Cc2ccccc21. The van der Waals surface area contributed by atoms with E-state index in [1.54, 1.807) is 0 Å². The number of allylic oxidation sites excluding steroid dienone is 1. The minimum Gasteiger partial charge on any atom is -0.373 e. The Balaban J connectivity index is 2.45. The van der Waals surface area contributed by atoms with E-state index in [1.807, 2.05) is 20.8 Å². The molecule has 0 heterocycles.